The molecule has 0 amide bonds. The van der Waals surface area contributed by atoms with Crippen molar-refractivity contribution < 1.29 is 9.84 Å². The van der Waals surface area contributed by atoms with Gasteiger partial charge in [-0.15, -0.1) is 0 Å². The van der Waals surface area contributed by atoms with Gasteiger partial charge in [-0.25, -0.2) is 0 Å². The van der Waals surface area contributed by atoms with Crippen LogP contribution in [0.25, 0.3) is 10.8 Å². The van der Waals surface area contributed by atoms with E-state index in [9.17, 15) is 5.11 Å². The Morgan fingerprint density at radius 1 is 1.06 bits per heavy atom. The first-order chi connectivity index (χ1) is 8.34. The molecule has 3 nitrogen and oxygen atoms in total. The largest absolute Gasteiger partial charge is 0.388 e. The van der Waals surface area contributed by atoms with E-state index >= 15 is 0 Å². The zero-order valence-electron chi connectivity index (χ0n) is 9.47. The summed E-state index contributed by atoms with van der Waals surface area (Å²) in [5.41, 5.74) is 1.05. The van der Waals surface area contributed by atoms with Crippen LogP contribution in [0.4, 0.5) is 5.69 Å². The lowest BCUT2D eigenvalue weighted by Gasteiger charge is -2.17. The standard InChI is InChI=1S/C14H15NO2/c16-14-9-17-8-13(14)15-12-7-3-5-10-4-1-2-6-11(10)12/h1-7,13-16H,8-9H2. The van der Waals surface area contributed by atoms with Crippen LogP contribution in [0.3, 0.4) is 0 Å². The second kappa shape index (κ2) is 4.35. The maximum atomic E-state index is 9.73. The van der Waals surface area contributed by atoms with E-state index in [1.165, 1.54) is 10.8 Å². The van der Waals surface area contributed by atoms with Gasteiger partial charge in [0.2, 0.25) is 0 Å². The van der Waals surface area contributed by atoms with Gasteiger partial charge in [-0.2, -0.15) is 0 Å². The first-order valence-electron chi connectivity index (χ1n) is 5.85. The molecule has 17 heavy (non-hydrogen) atoms. The van der Waals surface area contributed by atoms with Crippen molar-refractivity contribution in [2.75, 3.05) is 18.5 Å². The van der Waals surface area contributed by atoms with Gasteiger partial charge in [0.05, 0.1) is 25.4 Å². The van der Waals surface area contributed by atoms with Crippen LogP contribution >= 0.6 is 0 Å². The Labute approximate surface area is 100 Å². The summed E-state index contributed by atoms with van der Waals surface area (Å²) in [6.07, 6.45) is -0.422. The fourth-order valence-electron chi connectivity index (χ4n) is 2.23. The lowest BCUT2D eigenvalue weighted by Crippen LogP contribution is -2.31. The molecular weight excluding hydrogens is 214 g/mol. The normalized spacial score (nSPS) is 24.1. The maximum Gasteiger partial charge on any atom is 0.0996 e. The molecule has 0 spiro atoms. The van der Waals surface area contributed by atoms with Gasteiger partial charge in [0.15, 0.2) is 0 Å². The smallest absolute Gasteiger partial charge is 0.0996 e. The Bertz CT molecular complexity index is 521. The summed E-state index contributed by atoms with van der Waals surface area (Å²) in [5, 5.41) is 15.5. The van der Waals surface area contributed by atoms with Gasteiger partial charge in [0.1, 0.15) is 0 Å². The Balaban J connectivity index is 1.94. The van der Waals surface area contributed by atoms with Crippen molar-refractivity contribution >= 4 is 16.5 Å². The molecule has 88 valence electrons. The summed E-state index contributed by atoms with van der Waals surface area (Å²) in [4.78, 5) is 0. The molecule has 0 saturated carbocycles. The van der Waals surface area contributed by atoms with Crippen LogP contribution in [-0.4, -0.2) is 30.5 Å². The molecule has 2 unspecified atom stereocenters. The molecule has 0 aromatic heterocycles. The highest BCUT2D eigenvalue weighted by atomic mass is 16.5. The molecular formula is C14H15NO2. The number of aliphatic hydroxyl groups excluding tert-OH is 1. The number of ether oxygens (including phenoxy) is 1. The highest BCUT2D eigenvalue weighted by molar-refractivity contribution is 5.93. The van der Waals surface area contributed by atoms with E-state index in [-0.39, 0.29) is 6.04 Å². The molecule has 1 aliphatic heterocycles. The van der Waals surface area contributed by atoms with Crippen molar-refractivity contribution in [2.45, 2.75) is 12.1 Å². The molecule has 2 aromatic rings. The minimum Gasteiger partial charge on any atom is -0.388 e. The number of aliphatic hydroxyl groups is 1. The average Bonchev–Trinajstić information content (AvgIpc) is 2.76. The lowest BCUT2D eigenvalue weighted by molar-refractivity contribution is 0.125. The molecule has 0 bridgehead atoms. The van der Waals surface area contributed by atoms with E-state index in [0.717, 1.165) is 5.69 Å². The highest BCUT2D eigenvalue weighted by Crippen LogP contribution is 2.24. The highest BCUT2D eigenvalue weighted by Gasteiger charge is 2.26. The average molecular weight is 229 g/mol. The SMILES string of the molecule is OC1COCC1Nc1cccc2ccccc12. The molecule has 3 heteroatoms. The predicted octanol–water partition coefficient (Wildman–Crippen LogP) is 2.01. The van der Waals surface area contributed by atoms with E-state index in [0.29, 0.717) is 13.2 Å². The second-order valence-corrected chi connectivity index (χ2v) is 4.38. The van der Waals surface area contributed by atoms with Crippen molar-refractivity contribution in [3.8, 4) is 0 Å². The molecule has 2 N–H and O–H groups in total. The van der Waals surface area contributed by atoms with Gasteiger partial charge in [0, 0.05) is 11.1 Å². The maximum absolute atomic E-state index is 9.73. The van der Waals surface area contributed by atoms with Crippen LogP contribution in [0.5, 0.6) is 0 Å². The fourth-order valence-corrected chi connectivity index (χ4v) is 2.23. The third-order valence-electron chi connectivity index (χ3n) is 3.18. The number of hydrogen-bond acceptors (Lipinski definition) is 3. The number of hydrogen-bond donors (Lipinski definition) is 2. The second-order valence-electron chi connectivity index (χ2n) is 4.38. The summed E-state index contributed by atoms with van der Waals surface area (Å²) in [7, 11) is 0. The van der Waals surface area contributed by atoms with Gasteiger partial charge in [0.25, 0.3) is 0 Å². The number of rotatable bonds is 2. The van der Waals surface area contributed by atoms with Gasteiger partial charge < -0.3 is 15.2 Å². The molecule has 0 radical (unpaired) electrons. The van der Waals surface area contributed by atoms with Crippen molar-refractivity contribution in [2.24, 2.45) is 0 Å². The van der Waals surface area contributed by atoms with E-state index in [2.05, 4.69) is 23.5 Å². The quantitative estimate of drug-likeness (QED) is 0.827. The van der Waals surface area contributed by atoms with Crippen LogP contribution in [0.15, 0.2) is 42.5 Å². The summed E-state index contributed by atoms with van der Waals surface area (Å²) >= 11 is 0. The fraction of sp³-hybridized carbons (Fsp3) is 0.286. The topological polar surface area (TPSA) is 41.5 Å². The summed E-state index contributed by atoms with van der Waals surface area (Å²) < 4.78 is 5.24. The van der Waals surface area contributed by atoms with Crippen LogP contribution < -0.4 is 5.32 Å². The number of anilines is 1. The molecule has 0 aliphatic carbocycles. The summed E-state index contributed by atoms with van der Waals surface area (Å²) in [6, 6.07) is 14.3. The van der Waals surface area contributed by atoms with Crippen molar-refractivity contribution in [1.82, 2.24) is 0 Å². The molecule has 2 aromatic carbocycles. The Kier molecular flexibility index (Phi) is 2.71. The Morgan fingerprint density at radius 2 is 1.88 bits per heavy atom. The van der Waals surface area contributed by atoms with Gasteiger partial charge in [-0.05, 0) is 11.5 Å². The minimum absolute atomic E-state index is 0.0131. The van der Waals surface area contributed by atoms with Crippen LogP contribution in [0, 0.1) is 0 Å². The first-order valence-corrected chi connectivity index (χ1v) is 5.85. The monoisotopic (exact) mass is 229 g/mol. The predicted molar refractivity (Wildman–Crippen MR) is 68.2 cm³/mol. The van der Waals surface area contributed by atoms with E-state index in [4.69, 9.17) is 4.74 Å². The number of fused-ring (bicyclic) bond motifs is 1. The minimum atomic E-state index is -0.422. The van der Waals surface area contributed by atoms with E-state index in [1.807, 2.05) is 24.3 Å². The number of nitrogens with one attached hydrogen (secondary N) is 1. The third-order valence-corrected chi connectivity index (χ3v) is 3.18. The third kappa shape index (κ3) is 1.99. The molecule has 1 fully saturated rings. The van der Waals surface area contributed by atoms with Crippen molar-refractivity contribution in [1.29, 1.82) is 0 Å². The number of benzene rings is 2. The molecule has 1 aliphatic rings. The Hall–Kier alpha value is -1.58. The van der Waals surface area contributed by atoms with Crippen LogP contribution in [0.2, 0.25) is 0 Å². The van der Waals surface area contributed by atoms with Gasteiger partial charge in [-0.1, -0.05) is 36.4 Å². The zero-order chi connectivity index (χ0) is 11.7. The lowest BCUT2D eigenvalue weighted by atomic mass is 10.1. The van der Waals surface area contributed by atoms with Gasteiger partial charge in [-0.3, -0.25) is 0 Å². The first kappa shape index (κ1) is 10.6. The van der Waals surface area contributed by atoms with E-state index < -0.39 is 6.10 Å². The van der Waals surface area contributed by atoms with Crippen LogP contribution in [-0.2, 0) is 4.74 Å². The summed E-state index contributed by atoms with van der Waals surface area (Å²) in [5.74, 6) is 0. The van der Waals surface area contributed by atoms with E-state index in [1.54, 1.807) is 0 Å². The van der Waals surface area contributed by atoms with Crippen molar-refractivity contribution in [3.05, 3.63) is 42.5 Å². The Morgan fingerprint density at radius 3 is 2.71 bits per heavy atom. The van der Waals surface area contributed by atoms with Gasteiger partial charge >= 0.3 is 0 Å². The molecule has 3 rings (SSSR count). The van der Waals surface area contributed by atoms with Crippen molar-refractivity contribution in [3.63, 3.8) is 0 Å². The summed E-state index contributed by atoms with van der Waals surface area (Å²) in [6.45, 7) is 0.979. The molecule has 1 saturated heterocycles. The zero-order valence-corrected chi connectivity index (χ0v) is 9.47. The molecule has 1 heterocycles. The molecule has 2 atom stereocenters. The van der Waals surface area contributed by atoms with Crippen LogP contribution in [0.1, 0.15) is 0 Å².